The van der Waals surface area contributed by atoms with Crippen LogP contribution in [0.1, 0.15) is 51.1 Å². The standard InChI is InChI=1S/C27H26N2O4S/c1-19-8-7-9-20(16-19)18-29-23-17-21(26(30)28-14-5-2-6-15-28)12-13-25(23)34(32,33)24-11-4-3-10-22(24)27(29)31/h3-4,7-13,16-17H,2,5-6,14-15,18H2,1H3. The Kier molecular flexibility index (Phi) is 5.73. The number of amides is 2. The largest absolute Gasteiger partial charge is 0.339 e. The zero-order chi connectivity index (χ0) is 23.9. The SMILES string of the molecule is Cc1cccc(CN2C(=O)c3ccccc3S(=O)(=O)c3ccc(C(=O)N4CCCCC4)cc32)c1. The van der Waals surface area contributed by atoms with Gasteiger partial charge in [0.05, 0.1) is 27.6 Å². The fourth-order valence-electron chi connectivity index (χ4n) is 4.77. The molecule has 0 aliphatic carbocycles. The molecule has 0 radical (unpaired) electrons. The predicted octanol–water partition coefficient (Wildman–Crippen LogP) is 4.61. The van der Waals surface area contributed by atoms with Crippen LogP contribution in [0.2, 0.25) is 0 Å². The van der Waals surface area contributed by atoms with Crippen molar-refractivity contribution in [3.63, 3.8) is 0 Å². The predicted molar refractivity (Wildman–Crippen MR) is 130 cm³/mol. The van der Waals surface area contributed by atoms with Crippen LogP contribution in [0.4, 0.5) is 5.69 Å². The van der Waals surface area contributed by atoms with Gasteiger partial charge in [-0.05, 0) is 62.1 Å². The number of hydrogen-bond donors (Lipinski definition) is 0. The second kappa shape index (κ2) is 8.72. The Morgan fingerprint density at radius 2 is 1.65 bits per heavy atom. The Bertz CT molecular complexity index is 1390. The van der Waals surface area contributed by atoms with Crippen molar-refractivity contribution in [2.45, 2.75) is 42.5 Å². The summed E-state index contributed by atoms with van der Waals surface area (Å²) in [5.41, 5.74) is 2.69. The summed E-state index contributed by atoms with van der Waals surface area (Å²) < 4.78 is 27.2. The van der Waals surface area contributed by atoms with E-state index in [1.54, 1.807) is 35.2 Å². The van der Waals surface area contributed by atoms with E-state index in [2.05, 4.69) is 0 Å². The van der Waals surface area contributed by atoms with Gasteiger partial charge in [-0.1, -0.05) is 42.0 Å². The fraction of sp³-hybridized carbons (Fsp3) is 0.259. The van der Waals surface area contributed by atoms with E-state index in [4.69, 9.17) is 0 Å². The highest BCUT2D eigenvalue weighted by Gasteiger charge is 2.36. The van der Waals surface area contributed by atoms with Crippen LogP contribution in [0.25, 0.3) is 0 Å². The molecule has 0 N–H and O–H groups in total. The van der Waals surface area contributed by atoms with E-state index < -0.39 is 15.7 Å². The smallest absolute Gasteiger partial charge is 0.259 e. The van der Waals surface area contributed by atoms with Crippen LogP contribution < -0.4 is 4.90 Å². The summed E-state index contributed by atoms with van der Waals surface area (Å²) in [7, 11) is -3.96. The third kappa shape index (κ3) is 3.90. The summed E-state index contributed by atoms with van der Waals surface area (Å²) in [5, 5.41) is 0. The van der Waals surface area contributed by atoms with Crippen molar-refractivity contribution in [3.05, 3.63) is 89.0 Å². The fourth-order valence-corrected chi connectivity index (χ4v) is 6.40. The third-order valence-electron chi connectivity index (χ3n) is 6.50. The Balaban J connectivity index is 1.67. The zero-order valence-electron chi connectivity index (χ0n) is 19.0. The van der Waals surface area contributed by atoms with Crippen LogP contribution in [-0.2, 0) is 16.4 Å². The maximum absolute atomic E-state index is 13.7. The number of hydrogen-bond acceptors (Lipinski definition) is 4. The minimum absolute atomic E-state index is 0.0110. The highest BCUT2D eigenvalue weighted by molar-refractivity contribution is 7.91. The number of nitrogens with zero attached hydrogens (tertiary/aromatic N) is 2. The molecule has 0 bridgehead atoms. The summed E-state index contributed by atoms with van der Waals surface area (Å²) >= 11 is 0. The third-order valence-corrected chi connectivity index (χ3v) is 8.36. The molecule has 2 aliphatic heterocycles. The molecule has 0 atom stereocenters. The van der Waals surface area contributed by atoms with Gasteiger partial charge in [0.1, 0.15) is 0 Å². The van der Waals surface area contributed by atoms with Gasteiger partial charge >= 0.3 is 0 Å². The minimum Gasteiger partial charge on any atom is -0.339 e. The van der Waals surface area contributed by atoms with Gasteiger partial charge < -0.3 is 9.80 Å². The van der Waals surface area contributed by atoms with Crippen LogP contribution in [0.15, 0.2) is 76.5 Å². The number of aryl methyl sites for hydroxylation is 1. The first kappa shape index (κ1) is 22.3. The normalized spacial score (nSPS) is 17.0. The highest BCUT2D eigenvalue weighted by atomic mass is 32.2. The van der Waals surface area contributed by atoms with Crippen molar-refractivity contribution in [2.75, 3.05) is 18.0 Å². The molecule has 2 aliphatic rings. The number of likely N-dealkylation sites (tertiary alicyclic amines) is 1. The molecule has 34 heavy (non-hydrogen) atoms. The number of fused-ring (bicyclic) bond motifs is 2. The minimum atomic E-state index is -3.96. The van der Waals surface area contributed by atoms with Crippen molar-refractivity contribution in [3.8, 4) is 0 Å². The summed E-state index contributed by atoms with van der Waals surface area (Å²) in [6.07, 6.45) is 3.01. The number of piperidine rings is 1. The van der Waals surface area contributed by atoms with Crippen LogP contribution in [-0.4, -0.2) is 38.2 Å². The molecule has 0 aromatic heterocycles. The van der Waals surface area contributed by atoms with Crippen molar-refractivity contribution >= 4 is 27.3 Å². The van der Waals surface area contributed by atoms with Crippen molar-refractivity contribution < 1.29 is 18.0 Å². The first-order chi connectivity index (χ1) is 16.4. The van der Waals surface area contributed by atoms with Gasteiger partial charge in [0, 0.05) is 18.7 Å². The van der Waals surface area contributed by atoms with Gasteiger partial charge in [-0.2, -0.15) is 0 Å². The molecular weight excluding hydrogens is 448 g/mol. The van der Waals surface area contributed by atoms with Crippen molar-refractivity contribution in [2.24, 2.45) is 0 Å². The number of anilines is 1. The quantitative estimate of drug-likeness (QED) is 0.555. The van der Waals surface area contributed by atoms with Crippen LogP contribution in [0, 0.1) is 6.92 Å². The number of carbonyl (C=O) groups excluding carboxylic acids is 2. The lowest BCUT2D eigenvalue weighted by atomic mass is 10.1. The van der Waals surface area contributed by atoms with Crippen LogP contribution in [0.3, 0.4) is 0 Å². The molecule has 2 amide bonds. The Hall–Kier alpha value is -3.45. The summed E-state index contributed by atoms with van der Waals surface area (Å²) in [4.78, 5) is 30.3. The molecule has 0 spiro atoms. The maximum atomic E-state index is 13.7. The lowest BCUT2D eigenvalue weighted by molar-refractivity contribution is 0.0724. The maximum Gasteiger partial charge on any atom is 0.259 e. The second-order valence-electron chi connectivity index (χ2n) is 8.92. The number of sulfone groups is 1. The van der Waals surface area contributed by atoms with E-state index >= 15 is 0 Å². The molecule has 3 aromatic rings. The average molecular weight is 475 g/mol. The Labute approximate surface area is 199 Å². The van der Waals surface area contributed by atoms with Gasteiger partial charge in [0.2, 0.25) is 9.84 Å². The topological polar surface area (TPSA) is 74.8 Å². The molecular formula is C27H26N2O4S. The van der Waals surface area contributed by atoms with E-state index in [0.29, 0.717) is 18.7 Å². The Morgan fingerprint density at radius 3 is 2.41 bits per heavy atom. The first-order valence-corrected chi connectivity index (χ1v) is 13.0. The molecule has 7 heteroatoms. The van der Waals surface area contributed by atoms with Crippen molar-refractivity contribution in [1.82, 2.24) is 4.90 Å². The first-order valence-electron chi connectivity index (χ1n) is 11.5. The average Bonchev–Trinajstić information content (AvgIpc) is 2.92. The van der Waals surface area contributed by atoms with E-state index in [9.17, 15) is 18.0 Å². The van der Waals surface area contributed by atoms with Crippen molar-refractivity contribution in [1.29, 1.82) is 0 Å². The lowest BCUT2D eigenvalue weighted by Crippen LogP contribution is -2.36. The summed E-state index contributed by atoms with van der Waals surface area (Å²) in [6, 6.07) is 18.7. The molecule has 0 saturated carbocycles. The molecule has 174 valence electrons. The second-order valence-corrected chi connectivity index (χ2v) is 10.8. The van der Waals surface area contributed by atoms with E-state index in [1.807, 2.05) is 31.2 Å². The summed E-state index contributed by atoms with van der Waals surface area (Å²) in [5.74, 6) is -0.536. The van der Waals surface area contributed by atoms with E-state index in [1.165, 1.54) is 17.0 Å². The Morgan fingerprint density at radius 1 is 0.882 bits per heavy atom. The van der Waals surface area contributed by atoms with Gasteiger partial charge in [-0.25, -0.2) is 8.42 Å². The zero-order valence-corrected chi connectivity index (χ0v) is 19.8. The van der Waals surface area contributed by atoms with Crippen LogP contribution in [0.5, 0.6) is 0 Å². The molecule has 2 heterocycles. The molecule has 3 aromatic carbocycles. The molecule has 0 unspecified atom stereocenters. The lowest BCUT2D eigenvalue weighted by Gasteiger charge is -2.28. The number of benzene rings is 3. The summed E-state index contributed by atoms with van der Waals surface area (Å²) in [6.45, 7) is 3.53. The van der Waals surface area contributed by atoms with Gasteiger partial charge in [0.25, 0.3) is 11.8 Å². The van der Waals surface area contributed by atoms with Gasteiger partial charge in [-0.3, -0.25) is 9.59 Å². The van der Waals surface area contributed by atoms with Crippen LogP contribution >= 0.6 is 0 Å². The number of rotatable bonds is 3. The monoisotopic (exact) mass is 474 g/mol. The highest BCUT2D eigenvalue weighted by Crippen LogP contribution is 2.38. The molecule has 6 nitrogen and oxygen atoms in total. The molecule has 1 saturated heterocycles. The van der Waals surface area contributed by atoms with E-state index in [0.717, 1.165) is 30.4 Å². The van der Waals surface area contributed by atoms with Gasteiger partial charge in [0.15, 0.2) is 0 Å². The van der Waals surface area contributed by atoms with Gasteiger partial charge in [-0.15, -0.1) is 0 Å². The van der Waals surface area contributed by atoms with E-state index in [-0.39, 0.29) is 33.5 Å². The molecule has 1 fully saturated rings. The molecule has 5 rings (SSSR count). The number of carbonyl (C=O) groups is 2.